The Balaban J connectivity index is 2.96. The number of hydrogen-bond acceptors (Lipinski definition) is 8. The minimum atomic E-state index is -1.09. The number of H-pyrrole nitrogens is 1. The van der Waals surface area contributed by atoms with Crippen molar-refractivity contribution < 1.29 is 28.7 Å². The van der Waals surface area contributed by atoms with Gasteiger partial charge in [-0.2, -0.15) is 11.8 Å². The molecule has 1 heterocycles. The van der Waals surface area contributed by atoms with Gasteiger partial charge in [-0.05, 0) is 51.5 Å². The van der Waals surface area contributed by atoms with E-state index in [1.165, 1.54) is 24.3 Å². The molecule has 0 aliphatic carbocycles. The number of rotatable bonds is 15. The second-order valence-corrected chi connectivity index (χ2v) is 11.2. The molecule has 0 aromatic carbocycles. The lowest BCUT2D eigenvalue weighted by Crippen LogP contribution is -2.57. The molecular formula is C24H41N7O6S. The minimum absolute atomic E-state index is 0.0305. The number of ether oxygens (including phenoxy) is 1. The van der Waals surface area contributed by atoms with Crippen LogP contribution in [0.1, 0.15) is 53.2 Å². The van der Waals surface area contributed by atoms with Crippen LogP contribution in [-0.4, -0.2) is 82.0 Å². The number of aromatic amines is 1. The van der Waals surface area contributed by atoms with Gasteiger partial charge in [0, 0.05) is 18.3 Å². The molecule has 0 saturated carbocycles. The molecule has 5 amide bonds. The Labute approximate surface area is 227 Å². The van der Waals surface area contributed by atoms with E-state index in [0.29, 0.717) is 17.9 Å². The van der Waals surface area contributed by atoms with E-state index in [0.717, 1.165) is 0 Å². The smallest absolute Gasteiger partial charge is 0.408 e. The summed E-state index contributed by atoms with van der Waals surface area (Å²) in [6.07, 6.45) is 4.73. The van der Waals surface area contributed by atoms with Crippen molar-refractivity contribution in [3.8, 4) is 0 Å². The lowest BCUT2D eigenvalue weighted by atomic mass is 10.0. The number of nitrogens with one attached hydrogen (secondary N) is 5. The van der Waals surface area contributed by atoms with E-state index in [4.69, 9.17) is 10.5 Å². The highest BCUT2D eigenvalue weighted by molar-refractivity contribution is 7.98. The molecule has 0 saturated heterocycles. The Morgan fingerprint density at radius 2 is 1.68 bits per heavy atom. The first-order valence-corrected chi connectivity index (χ1v) is 13.7. The largest absolute Gasteiger partial charge is 0.444 e. The van der Waals surface area contributed by atoms with E-state index < -0.39 is 60.0 Å². The van der Waals surface area contributed by atoms with Gasteiger partial charge in [0.05, 0.1) is 6.33 Å². The monoisotopic (exact) mass is 555 g/mol. The Hall–Kier alpha value is -3.29. The van der Waals surface area contributed by atoms with Crippen molar-refractivity contribution in [2.24, 2.45) is 11.7 Å². The topological polar surface area (TPSA) is 197 Å². The standard InChI is InChI=1S/C24H41N7O6S/c1-14(2)9-17(21(34)30-16(20(25)33)7-8-38-6)31-22(35)18(10-15-11-26-13-28-15)29-19(32)12-27-23(36)37-24(3,4)5/h11,13-14,16-18H,7-10,12H2,1-6H3,(H2,25,33)(H,26,28)(H,27,36)(H,29,32)(H,30,34)(H,31,35)/t16-,17-,18-/m0/s1. The summed E-state index contributed by atoms with van der Waals surface area (Å²) < 4.78 is 5.11. The summed E-state index contributed by atoms with van der Waals surface area (Å²) in [5, 5.41) is 10.2. The van der Waals surface area contributed by atoms with Gasteiger partial charge < -0.3 is 36.7 Å². The Bertz CT molecular complexity index is 933. The summed E-state index contributed by atoms with van der Waals surface area (Å²) in [5.74, 6) is -1.82. The molecule has 38 heavy (non-hydrogen) atoms. The summed E-state index contributed by atoms with van der Waals surface area (Å²) in [6, 6.07) is -2.94. The maximum absolute atomic E-state index is 13.3. The van der Waals surface area contributed by atoms with Crippen LogP contribution in [0.15, 0.2) is 12.5 Å². The van der Waals surface area contributed by atoms with Crippen molar-refractivity contribution in [1.29, 1.82) is 0 Å². The summed E-state index contributed by atoms with van der Waals surface area (Å²) in [5.41, 5.74) is 5.28. The van der Waals surface area contributed by atoms with Crippen LogP contribution in [-0.2, 0) is 30.3 Å². The molecule has 0 bridgehead atoms. The van der Waals surface area contributed by atoms with E-state index in [2.05, 4.69) is 31.2 Å². The average molecular weight is 556 g/mol. The van der Waals surface area contributed by atoms with Gasteiger partial charge in [0.15, 0.2) is 0 Å². The second-order valence-electron chi connectivity index (χ2n) is 10.2. The van der Waals surface area contributed by atoms with Crippen LogP contribution in [0, 0.1) is 5.92 Å². The van der Waals surface area contributed by atoms with Crippen molar-refractivity contribution in [2.45, 2.75) is 77.6 Å². The predicted molar refractivity (Wildman–Crippen MR) is 144 cm³/mol. The normalized spacial score (nSPS) is 13.7. The third kappa shape index (κ3) is 13.3. The minimum Gasteiger partial charge on any atom is -0.444 e. The zero-order valence-corrected chi connectivity index (χ0v) is 23.7. The number of nitrogens with zero attached hydrogens (tertiary/aromatic N) is 1. The molecule has 7 N–H and O–H groups in total. The maximum Gasteiger partial charge on any atom is 0.408 e. The zero-order valence-electron chi connectivity index (χ0n) is 22.9. The fourth-order valence-corrected chi connectivity index (χ4v) is 3.78. The number of alkyl carbamates (subject to hydrolysis) is 1. The molecule has 0 unspecified atom stereocenters. The van der Waals surface area contributed by atoms with Gasteiger partial charge in [-0.1, -0.05) is 13.8 Å². The van der Waals surface area contributed by atoms with Gasteiger partial charge in [-0.3, -0.25) is 19.2 Å². The summed E-state index contributed by atoms with van der Waals surface area (Å²) >= 11 is 1.51. The number of amides is 5. The van der Waals surface area contributed by atoms with E-state index in [1.807, 2.05) is 20.1 Å². The molecule has 1 rings (SSSR count). The quantitative estimate of drug-likeness (QED) is 0.176. The lowest BCUT2D eigenvalue weighted by Gasteiger charge is -2.25. The Morgan fingerprint density at radius 3 is 2.21 bits per heavy atom. The predicted octanol–water partition coefficient (Wildman–Crippen LogP) is 0.216. The highest BCUT2D eigenvalue weighted by Crippen LogP contribution is 2.09. The molecule has 214 valence electrons. The third-order valence-corrected chi connectivity index (χ3v) is 5.68. The number of aromatic nitrogens is 2. The highest BCUT2D eigenvalue weighted by Gasteiger charge is 2.30. The summed E-state index contributed by atoms with van der Waals surface area (Å²) in [6.45, 7) is 8.42. The number of nitrogens with two attached hydrogens (primary N) is 1. The van der Waals surface area contributed by atoms with Crippen LogP contribution in [0.3, 0.4) is 0 Å². The molecule has 3 atom stereocenters. The molecule has 14 heteroatoms. The van der Waals surface area contributed by atoms with Gasteiger partial charge in [0.25, 0.3) is 0 Å². The maximum atomic E-state index is 13.3. The number of primary amides is 1. The van der Waals surface area contributed by atoms with Crippen molar-refractivity contribution in [3.63, 3.8) is 0 Å². The SMILES string of the molecule is CSCC[C@H](NC(=O)[C@H](CC(C)C)NC(=O)[C@H](Cc1cnc[nH]1)NC(=O)CNC(=O)OC(C)(C)C)C(N)=O. The third-order valence-electron chi connectivity index (χ3n) is 5.03. The van der Waals surface area contributed by atoms with E-state index >= 15 is 0 Å². The van der Waals surface area contributed by atoms with Gasteiger partial charge in [-0.15, -0.1) is 0 Å². The first-order valence-electron chi connectivity index (χ1n) is 12.3. The second kappa shape index (κ2) is 15.8. The fourth-order valence-electron chi connectivity index (χ4n) is 3.31. The molecule has 0 spiro atoms. The van der Waals surface area contributed by atoms with Gasteiger partial charge in [0.1, 0.15) is 30.3 Å². The van der Waals surface area contributed by atoms with Crippen LogP contribution in [0.4, 0.5) is 4.79 Å². The number of carbonyl (C=O) groups is 5. The van der Waals surface area contributed by atoms with Crippen LogP contribution >= 0.6 is 11.8 Å². The lowest BCUT2D eigenvalue weighted by molar-refractivity contribution is -0.133. The summed E-state index contributed by atoms with van der Waals surface area (Å²) in [7, 11) is 0. The molecule has 0 aliphatic rings. The van der Waals surface area contributed by atoms with Crippen LogP contribution < -0.4 is 27.0 Å². The Morgan fingerprint density at radius 1 is 1.05 bits per heavy atom. The summed E-state index contributed by atoms with van der Waals surface area (Å²) in [4.78, 5) is 69.4. The van der Waals surface area contributed by atoms with Crippen molar-refractivity contribution in [3.05, 3.63) is 18.2 Å². The molecule has 0 fully saturated rings. The number of thioether (sulfide) groups is 1. The van der Waals surface area contributed by atoms with Crippen LogP contribution in [0.2, 0.25) is 0 Å². The van der Waals surface area contributed by atoms with E-state index in [1.54, 1.807) is 20.8 Å². The molecule has 0 aliphatic heterocycles. The number of hydrogen-bond donors (Lipinski definition) is 6. The van der Waals surface area contributed by atoms with Gasteiger partial charge in [-0.25, -0.2) is 9.78 Å². The highest BCUT2D eigenvalue weighted by atomic mass is 32.2. The van der Waals surface area contributed by atoms with Crippen LogP contribution in [0.5, 0.6) is 0 Å². The molecule has 0 radical (unpaired) electrons. The number of imidazole rings is 1. The van der Waals surface area contributed by atoms with Crippen LogP contribution in [0.25, 0.3) is 0 Å². The first kappa shape index (κ1) is 32.7. The average Bonchev–Trinajstić information content (AvgIpc) is 3.31. The molecule has 13 nitrogen and oxygen atoms in total. The fraction of sp³-hybridized carbons (Fsp3) is 0.667. The van der Waals surface area contributed by atoms with E-state index in [9.17, 15) is 24.0 Å². The molecule has 1 aromatic rings. The first-order chi connectivity index (χ1) is 17.7. The van der Waals surface area contributed by atoms with Gasteiger partial charge in [0.2, 0.25) is 23.6 Å². The number of carbonyl (C=O) groups excluding carboxylic acids is 5. The van der Waals surface area contributed by atoms with Gasteiger partial charge >= 0.3 is 6.09 Å². The molecule has 1 aromatic heterocycles. The van der Waals surface area contributed by atoms with Crippen molar-refractivity contribution >= 4 is 41.5 Å². The van der Waals surface area contributed by atoms with Crippen molar-refractivity contribution in [1.82, 2.24) is 31.2 Å². The van der Waals surface area contributed by atoms with Crippen molar-refractivity contribution in [2.75, 3.05) is 18.6 Å². The molecular weight excluding hydrogens is 514 g/mol. The Kier molecular flexibility index (Phi) is 13.7. The zero-order chi connectivity index (χ0) is 28.9. The van der Waals surface area contributed by atoms with E-state index in [-0.39, 0.29) is 18.8 Å².